The lowest BCUT2D eigenvalue weighted by Crippen LogP contribution is -2.61. The van der Waals surface area contributed by atoms with Crippen LogP contribution in [0, 0.1) is 11.7 Å². The van der Waals surface area contributed by atoms with E-state index in [1.807, 2.05) is 42.5 Å². The normalized spacial score (nSPS) is 18.8. The predicted octanol–water partition coefficient (Wildman–Crippen LogP) is 4.07. The van der Waals surface area contributed by atoms with Crippen molar-refractivity contribution in [2.45, 2.75) is 18.9 Å². The standard InChI is InChI=1S/C29H32FN3O3/c1-35-24-10-3-20(4-11-24)13-14-31-29(34)26-17-21-5-12-25(36-2)18-27(21)33-16-15-32(19-28(26)33)23-8-6-22(30)7-9-23/h3-12,18,26,28H,13-17,19H2,1-2H3,(H,31,34). The lowest BCUT2D eigenvalue weighted by Gasteiger charge is -2.49. The van der Waals surface area contributed by atoms with Crippen LogP contribution in [-0.4, -0.2) is 52.3 Å². The summed E-state index contributed by atoms with van der Waals surface area (Å²) in [6, 6.07) is 20.7. The fourth-order valence-electron chi connectivity index (χ4n) is 5.34. The van der Waals surface area contributed by atoms with E-state index >= 15 is 0 Å². The number of carbonyl (C=O) groups is 1. The number of nitrogens with zero attached hydrogens (tertiary/aromatic N) is 2. The van der Waals surface area contributed by atoms with Crippen LogP contribution in [0.15, 0.2) is 66.7 Å². The molecule has 3 aromatic rings. The minimum atomic E-state index is -0.245. The van der Waals surface area contributed by atoms with Crippen molar-refractivity contribution < 1.29 is 18.7 Å². The van der Waals surface area contributed by atoms with E-state index in [0.29, 0.717) is 19.5 Å². The largest absolute Gasteiger partial charge is 0.497 e. The molecule has 5 rings (SSSR count). The molecule has 1 fully saturated rings. The highest BCUT2D eigenvalue weighted by atomic mass is 19.1. The first kappa shape index (κ1) is 24.0. The molecule has 188 valence electrons. The second-order valence-corrected chi connectivity index (χ2v) is 9.38. The number of hydrogen-bond donors (Lipinski definition) is 1. The van der Waals surface area contributed by atoms with Crippen LogP contribution in [0.25, 0.3) is 0 Å². The first-order valence-corrected chi connectivity index (χ1v) is 12.4. The van der Waals surface area contributed by atoms with Gasteiger partial charge >= 0.3 is 0 Å². The molecule has 0 bridgehead atoms. The third-order valence-corrected chi connectivity index (χ3v) is 7.33. The Morgan fingerprint density at radius 1 is 0.972 bits per heavy atom. The van der Waals surface area contributed by atoms with Crippen LogP contribution >= 0.6 is 0 Å². The first-order valence-electron chi connectivity index (χ1n) is 12.4. The first-order chi connectivity index (χ1) is 17.6. The fraction of sp³-hybridized carbons (Fsp3) is 0.345. The van der Waals surface area contributed by atoms with Gasteiger partial charge in [-0.1, -0.05) is 18.2 Å². The lowest BCUT2D eigenvalue weighted by atomic mass is 9.83. The number of carbonyl (C=O) groups excluding carboxylic acids is 1. The number of anilines is 2. The van der Waals surface area contributed by atoms with E-state index in [2.05, 4.69) is 27.2 Å². The van der Waals surface area contributed by atoms with E-state index in [1.54, 1.807) is 14.2 Å². The number of ether oxygens (including phenoxy) is 2. The van der Waals surface area contributed by atoms with Crippen molar-refractivity contribution >= 4 is 17.3 Å². The quantitative estimate of drug-likeness (QED) is 0.542. The average molecular weight is 490 g/mol. The van der Waals surface area contributed by atoms with Gasteiger partial charge in [-0.3, -0.25) is 4.79 Å². The van der Waals surface area contributed by atoms with Gasteiger partial charge in [-0.2, -0.15) is 0 Å². The minimum absolute atomic E-state index is 0.00407. The van der Waals surface area contributed by atoms with Crippen molar-refractivity contribution in [2.75, 3.05) is 50.2 Å². The molecule has 6 nitrogen and oxygen atoms in total. The van der Waals surface area contributed by atoms with E-state index in [1.165, 1.54) is 12.1 Å². The van der Waals surface area contributed by atoms with Crippen molar-refractivity contribution in [1.82, 2.24) is 5.32 Å². The highest BCUT2D eigenvalue weighted by Crippen LogP contribution is 2.39. The summed E-state index contributed by atoms with van der Waals surface area (Å²) in [5.41, 5.74) is 4.43. The molecule has 1 N–H and O–H groups in total. The zero-order valence-electron chi connectivity index (χ0n) is 20.7. The highest BCUT2D eigenvalue weighted by molar-refractivity contribution is 5.82. The summed E-state index contributed by atoms with van der Waals surface area (Å²) in [4.78, 5) is 18.1. The minimum Gasteiger partial charge on any atom is -0.497 e. The van der Waals surface area contributed by atoms with E-state index < -0.39 is 0 Å². The maximum atomic E-state index is 13.5. The molecule has 2 unspecified atom stereocenters. The number of halogens is 1. The van der Waals surface area contributed by atoms with E-state index in [-0.39, 0.29) is 23.7 Å². The van der Waals surface area contributed by atoms with Gasteiger partial charge in [0.25, 0.3) is 0 Å². The Morgan fingerprint density at radius 3 is 2.42 bits per heavy atom. The summed E-state index contributed by atoms with van der Waals surface area (Å²) in [7, 11) is 3.33. The third kappa shape index (κ3) is 4.96. The van der Waals surface area contributed by atoms with Gasteiger partial charge in [-0.25, -0.2) is 4.39 Å². The van der Waals surface area contributed by atoms with Gasteiger partial charge in [0.15, 0.2) is 0 Å². The molecular weight excluding hydrogens is 457 g/mol. The summed E-state index contributed by atoms with van der Waals surface area (Å²) in [6.45, 7) is 2.84. The molecule has 36 heavy (non-hydrogen) atoms. The Balaban J connectivity index is 1.34. The van der Waals surface area contributed by atoms with Gasteiger partial charge in [-0.15, -0.1) is 0 Å². The molecular formula is C29H32FN3O3. The van der Waals surface area contributed by atoms with Crippen molar-refractivity contribution in [3.8, 4) is 11.5 Å². The molecule has 0 aliphatic carbocycles. The van der Waals surface area contributed by atoms with Crippen molar-refractivity contribution in [2.24, 2.45) is 5.92 Å². The van der Waals surface area contributed by atoms with Crippen LogP contribution < -0.4 is 24.6 Å². The van der Waals surface area contributed by atoms with Crippen LogP contribution in [0.3, 0.4) is 0 Å². The molecule has 2 atom stereocenters. The summed E-state index contributed by atoms with van der Waals surface area (Å²) < 4.78 is 24.2. The van der Waals surface area contributed by atoms with Crippen LogP contribution in [-0.2, 0) is 17.6 Å². The molecule has 0 saturated carbocycles. The van der Waals surface area contributed by atoms with Gasteiger partial charge in [0.1, 0.15) is 17.3 Å². The number of benzene rings is 3. The average Bonchev–Trinajstić information content (AvgIpc) is 2.92. The summed E-state index contributed by atoms with van der Waals surface area (Å²) in [5, 5.41) is 3.19. The van der Waals surface area contributed by atoms with Gasteiger partial charge in [0, 0.05) is 43.6 Å². The SMILES string of the molecule is COc1ccc(CCNC(=O)C2Cc3ccc(OC)cc3N3CCN(c4ccc(F)cc4)CC23)cc1. The number of hydrogen-bond acceptors (Lipinski definition) is 5. The Bertz CT molecular complexity index is 1200. The number of nitrogens with one attached hydrogen (secondary N) is 1. The number of rotatable bonds is 7. The van der Waals surface area contributed by atoms with Gasteiger partial charge in [0.2, 0.25) is 5.91 Å². The van der Waals surface area contributed by atoms with Crippen molar-refractivity contribution in [3.05, 3.63) is 83.7 Å². The molecule has 7 heteroatoms. The molecule has 1 saturated heterocycles. The Hall–Kier alpha value is -3.74. The Morgan fingerprint density at radius 2 is 1.69 bits per heavy atom. The molecule has 2 aliphatic heterocycles. The highest BCUT2D eigenvalue weighted by Gasteiger charge is 2.41. The van der Waals surface area contributed by atoms with Crippen LogP contribution in [0.2, 0.25) is 0 Å². The van der Waals surface area contributed by atoms with Crippen LogP contribution in [0.5, 0.6) is 11.5 Å². The van der Waals surface area contributed by atoms with Gasteiger partial charge in [0.05, 0.1) is 26.2 Å². The maximum Gasteiger partial charge on any atom is 0.225 e. The zero-order valence-corrected chi connectivity index (χ0v) is 20.7. The topological polar surface area (TPSA) is 54.0 Å². The molecule has 3 aromatic carbocycles. The number of amides is 1. The van der Waals surface area contributed by atoms with E-state index in [4.69, 9.17) is 9.47 Å². The van der Waals surface area contributed by atoms with Crippen molar-refractivity contribution in [1.29, 1.82) is 0 Å². The number of methoxy groups -OCH3 is 2. The summed E-state index contributed by atoms with van der Waals surface area (Å²) >= 11 is 0. The lowest BCUT2D eigenvalue weighted by molar-refractivity contribution is -0.125. The second-order valence-electron chi connectivity index (χ2n) is 9.38. The third-order valence-electron chi connectivity index (χ3n) is 7.33. The fourth-order valence-corrected chi connectivity index (χ4v) is 5.34. The Labute approximate surface area is 211 Å². The molecule has 0 radical (unpaired) electrons. The van der Waals surface area contributed by atoms with E-state index in [0.717, 1.165) is 53.5 Å². The Kier molecular flexibility index (Phi) is 6.98. The number of fused-ring (bicyclic) bond motifs is 3. The molecule has 2 aliphatic rings. The smallest absolute Gasteiger partial charge is 0.225 e. The predicted molar refractivity (Wildman–Crippen MR) is 140 cm³/mol. The van der Waals surface area contributed by atoms with Crippen molar-refractivity contribution in [3.63, 3.8) is 0 Å². The molecule has 2 heterocycles. The second kappa shape index (κ2) is 10.5. The van der Waals surface area contributed by atoms with Gasteiger partial charge < -0.3 is 24.6 Å². The maximum absolute atomic E-state index is 13.5. The van der Waals surface area contributed by atoms with Crippen LogP contribution in [0.1, 0.15) is 11.1 Å². The monoisotopic (exact) mass is 489 g/mol. The molecule has 0 spiro atoms. The summed E-state index contributed by atoms with van der Waals surface area (Å²) in [5.74, 6) is 1.27. The summed E-state index contributed by atoms with van der Waals surface area (Å²) in [6.07, 6.45) is 1.43. The van der Waals surface area contributed by atoms with E-state index in [9.17, 15) is 9.18 Å². The number of piperazine rings is 1. The zero-order chi connectivity index (χ0) is 25.1. The molecule has 0 aromatic heterocycles. The van der Waals surface area contributed by atoms with Crippen LogP contribution in [0.4, 0.5) is 15.8 Å². The molecule has 1 amide bonds. The van der Waals surface area contributed by atoms with Gasteiger partial charge in [-0.05, 0) is 66.4 Å².